The van der Waals surface area contributed by atoms with Crippen LogP contribution in [0, 0.1) is 0 Å². The molecule has 0 bridgehead atoms. The molecule has 0 aromatic carbocycles. The van der Waals surface area contributed by atoms with E-state index in [1.165, 1.54) is 12.2 Å². The summed E-state index contributed by atoms with van der Waals surface area (Å²) >= 11 is 0.614. The molecule has 0 saturated heterocycles. The second-order valence-electron chi connectivity index (χ2n) is 6.48. The Labute approximate surface area is 171 Å². The molecule has 1 aromatic rings. The van der Waals surface area contributed by atoms with Gasteiger partial charge < -0.3 is 14.8 Å². The Kier molecular flexibility index (Phi) is 7.15. The molecule has 1 aliphatic rings. The van der Waals surface area contributed by atoms with E-state index in [0.717, 1.165) is 18.8 Å². The number of aryl methyl sites for hydroxylation is 1. The summed E-state index contributed by atoms with van der Waals surface area (Å²) in [5, 5.41) is 1.57. The molecule has 0 aliphatic heterocycles. The van der Waals surface area contributed by atoms with Crippen LogP contribution in [-0.4, -0.2) is 43.8 Å². The molecule has 2 N–H and O–H groups in total. The number of methoxy groups -OCH3 is 1. The zero-order chi connectivity index (χ0) is 22.7. The monoisotopic (exact) mass is 462 g/mol. The minimum Gasteiger partial charge on any atom is -0.465 e. The molecule has 0 radical (unpaired) electrons. The highest BCUT2D eigenvalue weighted by atomic mass is 32.1. The van der Waals surface area contributed by atoms with Gasteiger partial charge in [0, 0.05) is 4.88 Å². The number of hydrogen-bond acceptors (Lipinski definition) is 6. The van der Waals surface area contributed by atoms with Crippen LogP contribution in [0.25, 0.3) is 0 Å². The lowest BCUT2D eigenvalue weighted by Crippen LogP contribution is -2.72. The molecule has 0 atom stereocenters. The number of halogens is 6. The van der Waals surface area contributed by atoms with Crippen molar-refractivity contribution >= 4 is 28.4 Å². The number of amides is 1. The molecule has 1 aliphatic carbocycles. The Bertz CT molecular complexity index is 776. The number of nitrogens with one attached hydrogen (secondary N) is 2. The van der Waals surface area contributed by atoms with Gasteiger partial charge in [-0.05, 0) is 38.2 Å². The number of alkyl halides is 6. The number of carbonyl (C=O) groups is 2. The number of ether oxygens (including phenoxy) is 2. The fourth-order valence-electron chi connectivity index (χ4n) is 3.11. The summed E-state index contributed by atoms with van der Waals surface area (Å²) in [7, 11) is 0.977. The lowest BCUT2D eigenvalue weighted by molar-refractivity contribution is -0.294. The van der Waals surface area contributed by atoms with Gasteiger partial charge in [-0.2, -0.15) is 26.3 Å². The first-order valence-electron chi connectivity index (χ1n) is 8.97. The summed E-state index contributed by atoms with van der Waals surface area (Å²) in [4.78, 5) is 24.4. The molecule has 0 fully saturated rings. The van der Waals surface area contributed by atoms with Crippen LogP contribution < -0.4 is 10.6 Å². The van der Waals surface area contributed by atoms with Crippen molar-refractivity contribution in [2.24, 2.45) is 0 Å². The molecule has 0 unspecified atom stereocenters. The van der Waals surface area contributed by atoms with Crippen LogP contribution in [0.1, 0.15) is 47.0 Å². The molecule has 1 aromatic heterocycles. The van der Waals surface area contributed by atoms with Gasteiger partial charge in [-0.25, -0.2) is 9.59 Å². The molecule has 0 saturated carbocycles. The number of anilines is 1. The SMILES string of the molecule is CCOC(=O)NC(Nc1sc2c(c1C(=O)OC)CCCCC2)(C(F)(F)F)C(F)(F)F. The normalized spacial score (nSPS) is 15.1. The number of alkyl carbamates (subject to hydrolysis) is 1. The van der Waals surface area contributed by atoms with Crippen molar-refractivity contribution in [1.29, 1.82) is 0 Å². The zero-order valence-corrected chi connectivity index (χ0v) is 16.9. The Morgan fingerprint density at radius 3 is 2.17 bits per heavy atom. The standard InChI is InChI=1S/C17H20F6N2O4S/c1-3-29-14(27)25-15(16(18,19)20,17(21,22)23)24-12-11(13(26)28-2)9-7-5-4-6-8-10(9)30-12/h24H,3-8H2,1-2H3,(H,25,27). The second kappa shape index (κ2) is 8.90. The van der Waals surface area contributed by atoms with Gasteiger partial charge in [0.15, 0.2) is 0 Å². The van der Waals surface area contributed by atoms with Crippen LogP contribution in [0.3, 0.4) is 0 Å². The Morgan fingerprint density at radius 2 is 1.63 bits per heavy atom. The van der Waals surface area contributed by atoms with E-state index >= 15 is 0 Å². The van der Waals surface area contributed by atoms with E-state index in [2.05, 4.69) is 9.47 Å². The van der Waals surface area contributed by atoms with Crippen LogP contribution in [0.15, 0.2) is 0 Å². The van der Waals surface area contributed by atoms with Crippen molar-refractivity contribution in [2.75, 3.05) is 19.0 Å². The maximum Gasteiger partial charge on any atom is 0.439 e. The average Bonchev–Trinajstić information content (AvgIpc) is 2.79. The maximum absolute atomic E-state index is 13.8. The maximum atomic E-state index is 13.8. The van der Waals surface area contributed by atoms with Crippen molar-refractivity contribution in [3.05, 3.63) is 16.0 Å². The van der Waals surface area contributed by atoms with Crippen molar-refractivity contribution in [3.8, 4) is 0 Å². The van der Waals surface area contributed by atoms with Crippen LogP contribution in [-0.2, 0) is 22.3 Å². The van der Waals surface area contributed by atoms with Gasteiger partial charge in [-0.1, -0.05) is 6.42 Å². The van der Waals surface area contributed by atoms with Gasteiger partial charge in [-0.15, -0.1) is 11.3 Å². The van der Waals surface area contributed by atoms with Crippen molar-refractivity contribution in [2.45, 2.75) is 57.0 Å². The van der Waals surface area contributed by atoms with Crippen LogP contribution in [0.2, 0.25) is 0 Å². The summed E-state index contributed by atoms with van der Waals surface area (Å²) in [6, 6.07) is 0. The summed E-state index contributed by atoms with van der Waals surface area (Å²) < 4.78 is 91.4. The predicted molar refractivity (Wildman–Crippen MR) is 95.5 cm³/mol. The third kappa shape index (κ3) is 4.60. The largest absolute Gasteiger partial charge is 0.465 e. The number of esters is 1. The topological polar surface area (TPSA) is 76.7 Å². The fourth-order valence-corrected chi connectivity index (χ4v) is 4.45. The smallest absolute Gasteiger partial charge is 0.439 e. The zero-order valence-electron chi connectivity index (χ0n) is 16.1. The van der Waals surface area contributed by atoms with Gasteiger partial charge in [-0.3, -0.25) is 5.32 Å². The van der Waals surface area contributed by atoms with E-state index in [1.54, 1.807) is 0 Å². The summed E-state index contributed by atoms with van der Waals surface area (Å²) in [6.45, 7) is 0.778. The Balaban J connectivity index is 2.65. The number of hydrogen-bond donors (Lipinski definition) is 2. The minimum absolute atomic E-state index is 0.314. The molecule has 13 heteroatoms. The molecule has 30 heavy (non-hydrogen) atoms. The van der Waals surface area contributed by atoms with Crippen molar-refractivity contribution in [1.82, 2.24) is 5.32 Å². The number of thiophene rings is 1. The molecule has 170 valence electrons. The van der Waals surface area contributed by atoms with Gasteiger partial charge in [0.1, 0.15) is 5.00 Å². The van der Waals surface area contributed by atoms with E-state index in [4.69, 9.17) is 0 Å². The van der Waals surface area contributed by atoms with E-state index in [-0.39, 0.29) is 5.56 Å². The molecule has 1 heterocycles. The van der Waals surface area contributed by atoms with E-state index < -0.39 is 41.7 Å². The molecule has 6 nitrogen and oxygen atoms in total. The molecule has 2 rings (SSSR count). The second-order valence-corrected chi connectivity index (χ2v) is 7.58. The summed E-state index contributed by atoms with van der Waals surface area (Å²) in [5.74, 6) is -1.06. The van der Waals surface area contributed by atoms with Crippen LogP contribution in [0.4, 0.5) is 36.1 Å². The first-order valence-corrected chi connectivity index (χ1v) is 9.79. The molecular formula is C17H20F6N2O4S. The van der Waals surface area contributed by atoms with Gasteiger partial charge in [0.05, 0.1) is 19.3 Å². The highest BCUT2D eigenvalue weighted by molar-refractivity contribution is 7.16. The van der Waals surface area contributed by atoms with Crippen LogP contribution in [0.5, 0.6) is 0 Å². The minimum atomic E-state index is -6.02. The summed E-state index contributed by atoms with van der Waals surface area (Å²) in [6.07, 6.45) is -11.1. The average molecular weight is 462 g/mol. The van der Waals surface area contributed by atoms with Gasteiger partial charge in [0.2, 0.25) is 0 Å². The van der Waals surface area contributed by atoms with E-state index in [0.29, 0.717) is 47.5 Å². The quantitative estimate of drug-likeness (QED) is 0.285. The fraction of sp³-hybridized carbons (Fsp3) is 0.647. The van der Waals surface area contributed by atoms with Crippen LogP contribution >= 0.6 is 11.3 Å². The molecular weight excluding hydrogens is 442 g/mol. The lowest BCUT2D eigenvalue weighted by Gasteiger charge is -2.38. The third-order valence-electron chi connectivity index (χ3n) is 4.53. The first kappa shape index (κ1) is 24.1. The lowest BCUT2D eigenvalue weighted by atomic mass is 10.0. The molecule has 1 amide bonds. The highest BCUT2D eigenvalue weighted by Crippen LogP contribution is 2.47. The number of rotatable bonds is 5. The number of fused-ring (bicyclic) bond motifs is 1. The Hall–Kier alpha value is -2.18. The van der Waals surface area contributed by atoms with Crippen molar-refractivity contribution in [3.63, 3.8) is 0 Å². The molecule has 0 spiro atoms. The van der Waals surface area contributed by atoms with Gasteiger partial charge >= 0.3 is 30.1 Å². The van der Waals surface area contributed by atoms with Crippen molar-refractivity contribution < 1.29 is 45.4 Å². The third-order valence-corrected chi connectivity index (χ3v) is 5.73. The number of carbonyl (C=O) groups excluding carboxylic acids is 2. The van der Waals surface area contributed by atoms with E-state index in [1.807, 2.05) is 0 Å². The van der Waals surface area contributed by atoms with Gasteiger partial charge in [0.25, 0.3) is 0 Å². The highest BCUT2D eigenvalue weighted by Gasteiger charge is 2.73. The Morgan fingerprint density at radius 1 is 1.03 bits per heavy atom. The first-order chi connectivity index (χ1) is 13.9. The van der Waals surface area contributed by atoms with E-state index in [9.17, 15) is 35.9 Å². The summed E-state index contributed by atoms with van der Waals surface area (Å²) in [5.41, 5.74) is -4.90. The predicted octanol–water partition coefficient (Wildman–Crippen LogP) is 4.78.